The van der Waals surface area contributed by atoms with E-state index in [1.807, 2.05) is 13.8 Å². The first kappa shape index (κ1) is 24.5. The molecule has 0 radical (unpaired) electrons. The molecule has 0 aliphatic carbocycles. The number of hydrogen-bond acceptors (Lipinski definition) is 3. The highest BCUT2D eigenvalue weighted by Crippen LogP contribution is 2.33. The van der Waals surface area contributed by atoms with Crippen LogP contribution in [0, 0.1) is 0 Å². The first-order valence-corrected chi connectivity index (χ1v) is 10.9. The Morgan fingerprint density at radius 1 is 0.893 bits per heavy atom. The van der Waals surface area contributed by atoms with E-state index in [2.05, 4.69) is 6.92 Å². The van der Waals surface area contributed by atoms with E-state index in [0.29, 0.717) is 12.2 Å². The number of carbonyl (C=O) groups is 1. The van der Waals surface area contributed by atoms with Gasteiger partial charge in [-0.15, -0.1) is 0 Å². The summed E-state index contributed by atoms with van der Waals surface area (Å²) in [4.78, 5) is 11.4. The van der Waals surface area contributed by atoms with Crippen molar-refractivity contribution in [2.45, 2.75) is 110 Å². The van der Waals surface area contributed by atoms with Crippen LogP contribution in [-0.2, 0) is 0 Å². The topological polar surface area (TPSA) is 66.8 Å². The highest BCUT2D eigenvalue weighted by atomic mass is 16.5. The number of benzene rings is 1. The largest absolute Gasteiger partial charge is 0.484 e. The first-order chi connectivity index (χ1) is 13.2. The van der Waals surface area contributed by atoms with Crippen LogP contribution in [0.4, 0.5) is 0 Å². The van der Waals surface area contributed by atoms with Gasteiger partial charge in [0.25, 0.3) is 0 Å². The second kappa shape index (κ2) is 12.1. The SMILES string of the molecule is CCCCCCCCCCCCC(C)(O)C(C)(C)Oc1ccccc1C(=O)O. The van der Waals surface area contributed by atoms with Crippen molar-refractivity contribution in [2.24, 2.45) is 0 Å². The van der Waals surface area contributed by atoms with Crippen molar-refractivity contribution in [1.29, 1.82) is 0 Å². The average Bonchev–Trinajstić information content (AvgIpc) is 2.63. The maximum atomic E-state index is 11.4. The van der Waals surface area contributed by atoms with Crippen LogP contribution < -0.4 is 4.74 Å². The van der Waals surface area contributed by atoms with Crippen LogP contribution in [0.1, 0.15) is 109 Å². The molecular formula is C24H40O4. The molecule has 0 heterocycles. The van der Waals surface area contributed by atoms with Crippen molar-refractivity contribution in [2.75, 3.05) is 0 Å². The Hall–Kier alpha value is -1.55. The van der Waals surface area contributed by atoms with E-state index in [9.17, 15) is 15.0 Å². The van der Waals surface area contributed by atoms with Gasteiger partial charge >= 0.3 is 5.97 Å². The summed E-state index contributed by atoms with van der Waals surface area (Å²) in [7, 11) is 0. The third kappa shape index (κ3) is 8.22. The number of rotatable bonds is 15. The van der Waals surface area contributed by atoms with Crippen LogP contribution in [0.3, 0.4) is 0 Å². The molecule has 1 unspecified atom stereocenters. The highest BCUT2D eigenvalue weighted by molar-refractivity contribution is 5.90. The molecule has 4 heteroatoms. The minimum atomic E-state index is -1.04. The van der Waals surface area contributed by atoms with Crippen LogP contribution in [0.2, 0.25) is 0 Å². The Balaban J connectivity index is 2.39. The number of aromatic carboxylic acids is 1. The van der Waals surface area contributed by atoms with Gasteiger partial charge in [-0.05, 0) is 39.3 Å². The van der Waals surface area contributed by atoms with Crippen LogP contribution in [-0.4, -0.2) is 27.4 Å². The smallest absolute Gasteiger partial charge is 0.339 e. The summed E-state index contributed by atoms with van der Waals surface area (Å²) in [6.07, 6.45) is 13.1. The molecule has 28 heavy (non-hydrogen) atoms. The molecule has 160 valence electrons. The maximum Gasteiger partial charge on any atom is 0.339 e. The summed E-state index contributed by atoms with van der Waals surface area (Å²) in [5.74, 6) is -0.732. The lowest BCUT2D eigenvalue weighted by Gasteiger charge is -2.40. The summed E-state index contributed by atoms with van der Waals surface area (Å²) in [6.45, 7) is 7.67. The Labute approximate surface area is 171 Å². The molecule has 1 rings (SSSR count). The van der Waals surface area contributed by atoms with Crippen molar-refractivity contribution in [3.8, 4) is 5.75 Å². The van der Waals surface area contributed by atoms with Crippen molar-refractivity contribution in [3.05, 3.63) is 29.8 Å². The summed E-state index contributed by atoms with van der Waals surface area (Å²) < 4.78 is 5.97. The van der Waals surface area contributed by atoms with Gasteiger partial charge in [-0.1, -0.05) is 83.3 Å². The van der Waals surface area contributed by atoms with Gasteiger partial charge < -0.3 is 14.9 Å². The lowest BCUT2D eigenvalue weighted by atomic mass is 9.82. The van der Waals surface area contributed by atoms with Crippen molar-refractivity contribution < 1.29 is 19.7 Å². The quantitative estimate of drug-likeness (QED) is 0.330. The molecule has 0 bridgehead atoms. The van der Waals surface area contributed by atoms with Crippen molar-refractivity contribution in [1.82, 2.24) is 0 Å². The molecule has 2 N–H and O–H groups in total. The predicted octanol–water partition coefficient (Wildman–Crippen LogP) is 6.60. The van der Waals surface area contributed by atoms with Crippen LogP contribution in [0.25, 0.3) is 0 Å². The summed E-state index contributed by atoms with van der Waals surface area (Å²) >= 11 is 0. The monoisotopic (exact) mass is 392 g/mol. The molecule has 1 atom stereocenters. The lowest BCUT2D eigenvalue weighted by molar-refractivity contribution is -0.109. The fourth-order valence-corrected chi connectivity index (χ4v) is 3.37. The number of aliphatic hydroxyl groups is 1. The van der Waals surface area contributed by atoms with Gasteiger partial charge in [0.1, 0.15) is 22.5 Å². The van der Waals surface area contributed by atoms with E-state index < -0.39 is 17.2 Å². The average molecular weight is 393 g/mol. The van der Waals surface area contributed by atoms with Gasteiger partial charge in [-0.25, -0.2) is 4.79 Å². The molecule has 0 aromatic heterocycles. The summed E-state index contributed by atoms with van der Waals surface area (Å²) in [5.41, 5.74) is -1.82. The van der Waals surface area contributed by atoms with E-state index in [0.717, 1.165) is 12.8 Å². The zero-order valence-corrected chi connectivity index (χ0v) is 18.3. The first-order valence-electron chi connectivity index (χ1n) is 10.9. The standard InChI is InChI=1S/C24H40O4/c1-5-6-7-8-9-10-11-12-13-16-19-24(4,27)23(2,3)28-21-18-15-14-17-20(21)22(25)26/h14-15,17-18,27H,5-13,16,19H2,1-4H3,(H,25,26). The van der Waals surface area contributed by atoms with E-state index in [-0.39, 0.29) is 5.56 Å². The van der Waals surface area contributed by atoms with Crippen LogP contribution >= 0.6 is 0 Å². The molecule has 1 aromatic carbocycles. The molecule has 0 saturated heterocycles. The van der Waals surface area contributed by atoms with Gasteiger partial charge in [-0.3, -0.25) is 0 Å². The van der Waals surface area contributed by atoms with Crippen LogP contribution in [0.5, 0.6) is 5.75 Å². The number of hydrogen-bond donors (Lipinski definition) is 2. The highest BCUT2D eigenvalue weighted by Gasteiger charge is 2.41. The molecule has 0 fully saturated rings. The minimum Gasteiger partial charge on any atom is -0.484 e. The van der Waals surface area contributed by atoms with Crippen LogP contribution in [0.15, 0.2) is 24.3 Å². The van der Waals surface area contributed by atoms with E-state index in [4.69, 9.17) is 4.74 Å². The van der Waals surface area contributed by atoms with E-state index in [1.165, 1.54) is 57.4 Å². The lowest BCUT2D eigenvalue weighted by Crippen LogP contribution is -2.52. The molecule has 0 aliphatic heterocycles. The fourth-order valence-electron chi connectivity index (χ4n) is 3.37. The Morgan fingerprint density at radius 2 is 1.39 bits per heavy atom. The zero-order chi connectivity index (χ0) is 21.0. The second-order valence-corrected chi connectivity index (χ2v) is 8.62. The molecule has 0 spiro atoms. The number of carboxylic acid groups (broad SMARTS) is 1. The summed E-state index contributed by atoms with van der Waals surface area (Å²) in [6, 6.07) is 6.58. The Bertz CT molecular complexity index is 578. The summed E-state index contributed by atoms with van der Waals surface area (Å²) in [5, 5.41) is 20.3. The molecule has 4 nitrogen and oxygen atoms in total. The van der Waals surface area contributed by atoms with E-state index >= 15 is 0 Å². The van der Waals surface area contributed by atoms with Crippen molar-refractivity contribution >= 4 is 5.97 Å². The van der Waals surface area contributed by atoms with Gasteiger partial charge in [-0.2, -0.15) is 0 Å². The molecule has 0 amide bonds. The second-order valence-electron chi connectivity index (χ2n) is 8.62. The predicted molar refractivity (Wildman–Crippen MR) is 115 cm³/mol. The fraction of sp³-hybridized carbons (Fsp3) is 0.708. The number of carboxylic acids is 1. The molecule has 0 saturated carbocycles. The number of para-hydroxylation sites is 1. The molecular weight excluding hydrogens is 352 g/mol. The third-order valence-corrected chi connectivity index (χ3v) is 5.80. The Kier molecular flexibility index (Phi) is 10.6. The number of unbranched alkanes of at least 4 members (excludes halogenated alkanes) is 9. The van der Waals surface area contributed by atoms with Gasteiger partial charge in [0.2, 0.25) is 0 Å². The van der Waals surface area contributed by atoms with Crippen molar-refractivity contribution in [3.63, 3.8) is 0 Å². The minimum absolute atomic E-state index is 0.116. The molecule has 1 aromatic rings. The normalized spacial score (nSPS) is 13.9. The number of ether oxygens (including phenoxy) is 1. The maximum absolute atomic E-state index is 11.4. The van der Waals surface area contributed by atoms with Gasteiger partial charge in [0, 0.05) is 0 Å². The molecule has 0 aliphatic rings. The van der Waals surface area contributed by atoms with Gasteiger partial charge in [0.05, 0.1) is 0 Å². The third-order valence-electron chi connectivity index (χ3n) is 5.80. The van der Waals surface area contributed by atoms with E-state index in [1.54, 1.807) is 25.1 Å². The Morgan fingerprint density at radius 3 is 1.93 bits per heavy atom. The van der Waals surface area contributed by atoms with Gasteiger partial charge in [0.15, 0.2) is 0 Å². The zero-order valence-electron chi connectivity index (χ0n) is 18.3.